The third kappa shape index (κ3) is 3.94. The van der Waals surface area contributed by atoms with E-state index in [0.717, 1.165) is 11.2 Å². The Bertz CT molecular complexity index is 1340. The van der Waals surface area contributed by atoms with E-state index in [0.29, 0.717) is 17.5 Å². The molecule has 0 atom stereocenters. The van der Waals surface area contributed by atoms with E-state index >= 15 is 0 Å². The molecule has 32 heavy (non-hydrogen) atoms. The molecule has 2 aliphatic heterocycles. The van der Waals surface area contributed by atoms with Crippen LogP contribution in [-0.2, 0) is 14.6 Å². The number of hydrogen-bond donors (Lipinski definition) is 1. The van der Waals surface area contributed by atoms with E-state index in [1.807, 2.05) is 0 Å². The molecule has 164 valence electrons. The summed E-state index contributed by atoms with van der Waals surface area (Å²) in [5.74, 6) is -1.49. The first kappa shape index (κ1) is 21.5. The van der Waals surface area contributed by atoms with Crippen LogP contribution in [0.5, 0.6) is 11.5 Å². The molecular weight excluding hydrogens is 460 g/mol. The van der Waals surface area contributed by atoms with E-state index in [1.54, 1.807) is 6.07 Å². The number of ether oxygens (including phenoxy) is 2. The van der Waals surface area contributed by atoms with Gasteiger partial charge in [0.05, 0.1) is 30.9 Å². The molecule has 1 N–H and O–H groups in total. The lowest BCUT2D eigenvalue weighted by Gasteiger charge is -2.23. The molecule has 11 nitrogen and oxygen atoms in total. The molecular formula is C19H14N4O7S2. The number of benzene rings is 1. The zero-order valence-electron chi connectivity index (χ0n) is 16.6. The Kier molecular flexibility index (Phi) is 5.44. The van der Waals surface area contributed by atoms with Crippen LogP contribution in [0, 0.1) is 5.41 Å². The molecule has 1 amide bonds. The van der Waals surface area contributed by atoms with Gasteiger partial charge in [0.2, 0.25) is 25.9 Å². The van der Waals surface area contributed by atoms with E-state index in [1.165, 1.54) is 43.7 Å². The van der Waals surface area contributed by atoms with Gasteiger partial charge in [-0.3, -0.25) is 10.2 Å². The normalized spacial score (nSPS) is 17.2. The fourth-order valence-corrected chi connectivity index (χ4v) is 4.65. The van der Waals surface area contributed by atoms with E-state index in [9.17, 15) is 18.0 Å². The molecule has 1 aromatic heterocycles. The highest BCUT2D eigenvalue weighted by Gasteiger charge is 2.41. The Morgan fingerprint density at radius 3 is 2.72 bits per heavy atom. The van der Waals surface area contributed by atoms with Crippen LogP contribution in [0.15, 0.2) is 56.0 Å². The minimum atomic E-state index is -3.75. The van der Waals surface area contributed by atoms with Gasteiger partial charge in [0.1, 0.15) is 5.84 Å². The number of nitrogens with zero attached hydrogens (tertiary/aromatic N) is 3. The molecule has 0 radical (unpaired) electrons. The summed E-state index contributed by atoms with van der Waals surface area (Å²) < 4.78 is 43.3. The fourth-order valence-electron chi connectivity index (χ4n) is 2.81. The molecule has 0 unspecified atom stereocenters. The lowest BCUT2D eigenvalue weighted by atomic mass is 10.1. The largest absolute Gasteiger partial charge is 0.493 e. The zero-order chi connectivity index (χ0) is 23.0. The molecule has 1 aromatic carbocycles. The molecule has 0 saturated carbocycles. The van der Waals surface area contributed by atoms with Gasteiger partial charge in [-0.1, -0.05) is 6.07 Å². The molecule has 2 aliphatic rings. The predicted octanol–water partition coefficient (Wildman–Crippen LogP) is 2.13. The van der Waals surface area contributed by atoms with Crippen molar-refractivity contribution in [2.75, 3.05) is 13.4 Å². The first-order chi connectivity index (χ1) is 15.2. The Hall–Kier alpha value is -3.71. The minimum Gasteiger partial charge on any atom is -0.493 e. The van der Waals surface area contributed by atoms with Crippen LogP contribution in [0.2, 0.25) is 0 Å². The summed E-state index contributed by atoms with van der Waals surface area (Å²) in [6.45, 7) is 0. The number of methoxy groups -OCH3 is 1. The molecule has 13 heteroatoms. The van der Waals surface area contributed by atoms with E-state index in [4.69, 9.17) is 19.3 Å². The molecule has 4 rings (SSSR count). The van der Waals surface area contributed by atoms with E-state index in [-0.39, 0.29) is 39.0 Å². The Labute approximate surface area is 186 Å². The number of rotatable bonds is 4. The maximum Gasteiger partial charge on any atom is 0.379 e. The van der Waals surface area contributed by atoms with Gasteiger partial charge in [-0.25, -0.2) is 18.1 Å². The summed E-state index contributed by atoms with van der Waals surface area (Å²) in [6.07, 6.45) is 3.65. The van der Waals surface area contributed by atoms with Crippen LogP contribution < -0.4 is 9.47 Å². The number of sulfone groups is 1. The lowest BCUT2D eigenvalue weighted by molar-refractivity contribution is -0.114. The topological polar surface area (TPSA) is 152 Å². The van der Waals surface area contributed by atoms with Gasteiger partial charge in [-0.15, -0.1) is 0 Å². The van der Waals surface area contributed by atoms with Crippen molar-refractivity contribution in [1.82, 2.24) is 4.90 Å². The van der Waals surface area contributed by atoms with Crippen LogP contribution in [-0.4, -0.2) is 54.7 Å². The van der Waals surface area contributed by atoms with Crippen LogP contribution >= 0.6 is 11.9 Å². The number of amides is 1. The monoisotopic (exact) mass is 474 g/mol. The molecule has 0 spiro atoms. The van der Waals surface area contributed by atoms with Gasteiger partial charge < -0.3 is 13.9 Å². The predicted molar refractivity (Wildman–Crippen MR) is 117 cm³/mol. The van der Waals surface area contributed by atoms with Crippen molar-refractivity contribution in [2.24, 2.45) is 9.39 Å². The summed E-state index contributed by atoms with van der Waals surface area (Å²) in [5.41, 5.74) is 0.283. The first-order valence-electron chi connectivity index (χ1n) is 8.81. The number of fused-ring (bicyclic) bond motifs is 1. The summed E-state index contributed by atoms with van der Waals surface area (Å²) >= 11 is 0.709. The SMILES string of the molecule is COc1cc(/C=C2/C(=N)N3C(=NC2=O)SN=C3S(C)(=O)=O)ccc1OC(=O)c1ccco1. The van der Waals surface area contributed by atoms with Crippen LogP contribution in [0.25, 0.3) is 6.08 Å². The first-order valence-corrected chi connectivity index (χ1v) is 11.5. The standard InChI is InChI=1S/C19H14N4O7S2/c1-28-14-9-10(5-6-12(14)30-17(25)13-4-3-7-29-13)8-11-15(20)23-18(21-16(11)24)31-22-19(23)32(2,26)27/h3-9,20H,1-2H3/b11-8-,20-15?. The second kappa shape index (κ2) is 8.09. The highest BCUT2D eigenvalue weighted by molar-refractivity contribution is 8.16. The van der Waals surface area contributed by atoms with Crippen molar-refractivity contribution >= 4 is 55.9 Å². The van der Waals surface area contributed by atoms with Crippen LogP contribution in [0.1, 0.15) is 16.1 Å². The average Bonchev–Trinajstić information content (AvgIpc) is 3.41. The van der Waals surface area contributed by atoms with Crippen molar-refractivity contribution in [2.45, 2.75) is 0 Å². The number of carbonyl (C=O) groups is 2. The number of nitrogens with one attached hydrogen (secondary N) is 1. The number of amidine groups is 3. The van der Waals surface area contributed by atoms with E-state index < -0.39 is 21.7 Å². The number of esters is 1. The van der Waals surface area contributed by atoms with E-state index in [2.05, 4.69) is 9.39 Å². The van der Waals surface area contributed by atoms with Crippen molar-refractivity contribution < 1.29 is 31.9 Å². The second-order valence-electron chi connectivity index (χ2n) is 6.46. The minimum absolute atomic E-state index is 0.00431. The summed E-state index contributed by atoms with van der Waals surface area (Å²) in [7, 11) is -2.38. The number of carbonyl (C=O) groups excluding carboxylic acids is 2. The lowest BCUT2D eigenvalue weighted by Crippen LogP contribution is -2.45. The third-order valence-corrected chi connectivity index (χ3v) is 6.00. The molecule has 0 fully saturated rings. The van der Waals surface area contributed by atoms with Crippen molar-refractivity contribution in [3.63, 3.8) is 0 Å². The number of aliphatic imine (C=N–C) groups is 1. The zero-order valence-corrected chi connectivity index (χ0v) is 18.2. The van der Waals surface area contributed by atoms with Crippen LogP contribution in [0.4, 0.5) is 0 Å². The molecule has 0 bridgehead atoms. The maximum atomic E-state index is 12.5. The second-order valence-corrected chi connectivity index (χ2v) is 9.10. The summed E-state index contributed by atoms with van der Waals surface area (Å²) in [4.78, 5) is 29.4. The average molecular weight is 474 g/mol. The Balaban J connectivity index is 1.65. The van der Waals surface area contributed by atoms with Gasteiger partial charge in [0.15, 0.2) is 11.5 Å². The fraction of sp³-hybridized carbons (Fsp3) is 0.105. The number of hydrogen-bond acceptors (Lipinski definition) is 10. The van der Waals surface area contributed by atoms with Crippen molar-refractivity contribution in [3.8, 4) is 11.5 Å². The molecule has 0 aliphatic carbocycles. The molecule has 3 heterocycles. The Morgan fingerprint density at radius 2 is 2.06 bits per heavy atom. The maximum absolute atomic E-state index is 12.5. The highest BCUT2D eigenvalue weighted by atomic mass is 32.2. The van der Waals surface area contributed by atoms with Gasteiger partial charge in [-0.2, -0.15) is 9.39 Å². The van der Waals surface area contributed by atoms with Gasteiger partial charge in [0, 0.05) is 6.26 Å². The summed E-state index contributed by atoms with van der Waals surface area (Å²) in [6, 6.07) is 7.47. The third-order valence-electron chi connectivity index (χ3n) is 4.25. The van der Waals surface area contributed by atoms with Crippen molar-refractivity contribution in [1.29, 1.82) is 5.41 Å². The quantitative estimate of drug-likeness (QED) is 0.304. The van der Waals surface area contributed by atoms with Gasteiger partial charge in [0.25, 0.3) is 5.91 Å². The van der Waals surface area contributed by atoms with Crippen molar-refractivity contribution in [3.05, 3.63) is 53.5 Å². The Morgan fingerprint density at radius 1 is 1.28 bits per heavy atom. The van der Waals surface area contributed by atoms with Gasteiger partial charge >= 0.3 is 5.97 Å². The molecule has 2 aromatic rings. The summed E-state index contributed by atoms with van der Waals surface area (Å²) in [5, 5.41) is 7.99. The van der Waals surface area contributed by atoms with Crippen LogP contribution in [0.3, 0.4) is 0 Å². The highest BCUT2D eigenvalue weighted by Crippen LogP contribution is 2.32. The molecule has 0 saturated heterocycles. The number of furan rings is 1. The smallest absolute Gasteiger partial charge is 0.379 e. The van der Waals surface area contributed by atoms with Gasteiger partial charge in [-0.05, 0) is 35.9 Å².